The van der Waals surface area contributed by atoms with Crippen molar-refractivity contribution in [1.82, 2.24) is 14.5 Å². The zero-order chi connectivity index (χ0) is 16.9. The normalized spacial score (nSPS) is 21.8. The number of hydrogen-bond donors (Lipinski definition) is 1. The number of aromatic nitrogens is 2. The highest BCUT2D eigenvalue weighted by Gasteiger charge is 2.21. The summed E-state index contributed by atoms with van der Waals surface area (Å²) in [5, 5.41) is 3.49. The number of hydrogen-bond acceptors (Lipinski definition) is 4. The van der Waals surface area contributed by atoms with E-state index in [9.17, 15) is 0 Å². The molecule has 2 aromatic rings. The van der Waals surface area contributed by atoms with Gasteiger partial charge in [0.15, 0.2) is 0 Å². The molecule has 0 saturated carbocycles. The molecule has 0 amide bonds. The van der Waals surface area contributed by atoms with Gasteiger partial charge in [-0.2, -0.15) is 0 Å². The quantitative estimate of drug-likeness (QED) is 0.885. The maximum atomic E-state index is 5.82. The summed E-state index contributed by atoms with van der Waals surface area (Å²) in [7, 11) is 0. The van der Waals surface area contributed by atoms with Gasteiger partial charge in [0.2, 0.25) is 0 Å². The molecule has 24 heavy (non-hydrogen) atoms. The number of ether oxygens (including phenoxy) is 1. The Labute approximate surface area is 144 Å². The molecule has 2 heterocycles. The predicted molar refractivity (Wildman–Crippen MR) is 97.0 cm³/mol. The van der Waals surface area contributed by atoms with E-state index in [2.05, 4.69) is 64.8 Å². The number of morpholine rings is 1. The van der Waals surface area contributed by atoms with E-state index in [0.29, 0.717) is 12.2 Å². The lowest BCUT2D eigenvalue weighted by molar-refractivity contribution is -0.0704. The summed E-state index contributed by atoms with van der Waals surface area (Å²) in [5.41, 5.74) is 2.48. The third-order valence-corrected chi connectivity index (χ3v) is 4.42. The number of nitrogens with one attached hydrogen (secondary N) is 1. The van der Waals surface area contributed by atoms with Crippen LogP contribution < -0.4 is 5.32 Å². The van der Waals surface area contributed by atoms with E-state index in [1.54, 1.807) is 0 Å². The Kier molecular flexibility index (Phi) is 5.53. The Bertz CT molecular complexity index is 644. The fourth-order valence-corrected chi connectivity index (χ4v) is 3.43. The Hall–Kier alpha value is -1.85. The van der Waals surface area contributed by atoms with Gasteiger partial charge in [0, 0.05) is 44.3 Å². The number of aryl methyl sites for hydroxylation is 1. The van der Waals surface area contributed by atoms with Gasteiger partial charge in [-0.25, -0.2) is 4.98 Å². The lowest BCUT2D eigenvalue weighted by Crippen LogP contribution is -2.44. The van der Waals surface area contributed by atoms with Crippen molar-refractivity contribution < 1.29 is 4.74 Å². The average Bonchev–Trinajstić information content (AvgIpc) is 3.00. The Balaban J connectivity index is 1.59. The highest BCUT2D eigenvalue weighted by molar-refractivity contribution is 5.45. The van der Waals surface area contributed by atoms with Gasteiger partial charge in [0.05, 0.1) is 18.8 Å². The molecule has 2 unspecified atom stereocenters. The van der Waals surface area contributed by atoms with Crippen LogP contribution in [0, 0.1) is 0 Å². The molecule has 1 N–H and O–H groups in total. The third-order valence-electron chi connectivity index (χ3n) is 4.42. The molecule has 5 heteroatoms. The summed E-state index contributed by atoms with van der Waals surface area (Å²) < 4.78 is 7.98. The Morgan fingerprint density at radius 3 is 2.79 bits per heavy atom. The molecule has 1 fully saturated rings. The van der Waals surface area contributed by atoms with Crippen molar-refractivity contribution in [1.29, 1.82) is 0 Å². The maximum Gasteiger partial charge on any atom is 0.128 e. The van der Waals surface area contributed by atoms with Crippen molar-refractivity contribution in [2.75, 3.05) is 18.4 Å². The lowest BCUT2D eigenvalue weighted by Gasteiger charge is -2.35. The van der Waals surface area contributed by atoms with Gasteiger partial charge in [0.1, 0.15) is 5.82 Å². The van der Waals surface area contributed by atoms with Gasteiger partial charge >= 0.3 is 0 Å². The van der Waals surface area contributed by atoms with Crippen molar-refractivity contribution in [3.63, 3.8) is 0 Å². The van der Waals surface area contributed by atoms with Gasteiger partial charge in [-0.1, -0.05) is 12.1 Å². The van der Waals surface area contributed by atoms with Crippen LogP contribution in [0.4, 0.5) is 5.69 Å². The minimum atomic E-state index is 0.308. The van der Waals surface area contributed by atoms with Crippen LogP contribution in [0.25, 0.3) is 0 Å². The standard InChI is InChI=1S/C19H28N4O/c1-4-23-9-8-20-19(23)11-21-18-7-5-6-17(10-18)14-22-12-15(2)24-16(3)13-22/h5-10,15-16,21H,4,11-14H2,1-3H3. The molecular weight excluding hydrogens is 300 g/mol. The van der Waals surface area contributed by atoms with Crippen molar-refractivity contribution >= 4 is 5.69 Å². The molecule has 0 spiro atoms. The molecule has 0 radical (unpaired) electrons. The molecule has 0 bridgehead atoms. The summed E-state index contributed by atoms with van der Waals surface area (Å²) in [4.78, 5) is 6.89. The fourth-order valence-electron chi connectivity index (χ4n) is 3.43. The minimum absolute atomic E-state index is 0.308. The lowest BCUT2D eigenvalue weighted by atomic mass is 10.1. The Morgan fingerprint density at radius 1 is 1.25 bits per heavy atom. The zero-order valence-electron chi connectivity index (χ0n) is 14.9. The highest BCUT2D eigenvalue weighted by atomic mass is 16.5. The molecule has 1 aliphatic heterocycles. The minimum Gasteiger partial charge on any atom is -0.378 e. The van der Waals surface area contributed by atoms with Gasteiger partial charge in [-0.15, -0.1) is 0 Å². The third kappa shape index (κ3) is 4.36. The second-order valence-corrected chi connectivity index (χ2v) is 6.63. The highest BCUT2D eigenvalue weighted by Crippen LogP contribution is 2.17. The molecule has 0 aliphatic carbocycles. The van der Waals surface area contributed by atoms with E-state index >= 15 is 0 Å². The van der Waals surface area contributed by atoms with Crippen molar-refractivity contribution in [3.8, 4) is 0 Å². The van der Waals surface area contributed by atoms with Crippen LogP contribution in [0.15, 0.2) is 36.7 Å². The van der Waals surface area contributed by atoms with E-state index in [0.717, 1.165) is 44.2 Å². The summed E-state index contributed by atoms with van der Waals surface area (Å²) in [6, 6.07) is 8.68. The first-order valence-corrected chi connectivity index (χ1v) is 8.84. The van der Waals surface area contributed by atoms with Gasteiger partial charge < -0.3 is 14.6 Å². The Morgan fingerprint density at radius 2 is 2.04 bits per heavy atom. The van der Waals surface area contributed by atoms with E-state index in [1.165, 1.54) is 5.56 Å². The molecule has 3 rings (SSSR count). The molecule has 1 saturated heterocycles. The summed E-state index contributed by atoms with van der Waals surface area (Å²) in [6.07, 6.45) is 4.50. The molecule has 1 aliphatic rings. The first-order valence-electron chi connectivity index (χ1n) is 8.84. The smallest absolute Gasteiger partial charge is 0.128 e. The predicted octanol–water partition coefficient (Wildman–Crippen LogP) is 3.12. The molecule has 5 nitrogen and oxygen atoms in total. The van der Waals surface area contributed by atoms with E-state index in [1.807, 2.05) is 12.4 Å². The van der Waals surface area contributed by atoms with Crippen LogP contribution in [0.5, 0.6) is 0 Å². The van der Waals surface area contributed by atoms with Gasteiger partial charge in [-0.3, -0.25) is 4.90 Å². The number of rotatable bonds is 6. The molecular formula is C19H28N4O. The number of benzene rings is 1. The zero-order valence-corrected chi connectivity index (χ0v) is 14.9. The van der Waals surface area contributed by atoms with Crippen LogP contribution in [0.1, 0.15) is 32.2 Å². The number of anilines is 1. The van der Waals surface area contributed by atoms with Crippen molar-refractivity contribution in [2.45, 2.75) is 52.6 Å². The maximum absolute atomic E-state index is 5.82. The van der Waals surface area contributed by atoms with E-state index < -0.39 is 0 Å². The van der Waals surface area contributed by atoms with Gasteiger partial charge in [0.25, 0.3) is 0 Å². The van der Waals surface area contributed by atoms with E-state index in [-0.39, 0.29) is 0 Å². The van der Waals surface area contributed by atoms with Crippen molar-refractivity contribution in [2.24, 2.45) is 0 Å². The van der Waals surface area contributed by atoms with Crippen LogP contribution in [-0.4, -0.2) is 39.7 Å². The summed E-state index contributed by atoms with van der Waals surface area (Å²) in [5.74, 6) is 1.07. The first kappa shape index (κ1) is 17.0. The topological polar surface area (TPSA) is 42.3 Å². The van der Waals surface area contributed by atoms with Crippen LogP contribution >= 0.6 is 0 Å². The molecule has 1 aromatic carbocycles. The van der Waals surface area contributed by atoms with E-state index in [4.69, 9.17) is 4.74 Å². The van der Waals surface area contributed by atoms with Crippen LogP contribution in [-0.2, 0) is 24.4 Å². The second-order valence-electron chi connectivity index (χ2n) is 6.63. The summed E-state index contributed by atoms with van der Waals surface area (Å²) >= 11 is 0. The molecule has 130 valence electrons. The molecule has 2 atom stereocenters. The second kappa shape index (κ2) is 7.81. The van der Waals surface area contributed by atoms with Gasteiger partial charge in [-0.05, 0) is 38.5 Å². The SMILES string of the molecule is CCn1ccnc1CNc1cccc(CN2CC(C)OC(C)C2)c1. The largest absolute Gasteiger partial charge is 0.378 e. The number of imidazole rings is 1. The summed E-state index contributed by atoms with van der Waals surface area (Å²) in [6.45, 7) is 11.1. The average molecular weight is 328 g/mol. The monoisotopic (exact) mass is 328 g/mol. The van der Waals surface area contributed by atoms with Crippen molar-refractivity contribution in [3.05, 3.63) is 48.0 Å². The van der Waals surface area contributed by atoms with Crippen LogP contribution in [0.3, 0.4) is 0 Å². The molecule has 1 aromatic heterocycles. The first-order chi connectivity index (χ1) is 11.6. The van der Waals surface area contributed by atoms with Crippen LogP contribution in [0.2, 0.25) is 0 Å². The fraction of sp³-hybridized carbons (Fsp3) is 0.526. The number of nitrogens with zero attached hydrogens (tertiary/aromatic N) is 3.